The molecular formula is C30H30N6O7. The van der Waals surface area contributed by atoms with Gasteiger partial charge in [0.1, 0.15) is 18.5 Å². The molecule has 1 aromatic heterocycles. The van der Waals surface area contributed by atoms with Crippen molar-refractivity contribution in [2.45, 2.75) is 31.4 Å². The summed E-state index contributed by atoms with van der Waals surface area (Å²) in [4.78, 5) is 60.9. The highest BCUT2D eigenvalue weighted by Crippen LogP contribution is 2.37. The first kappa shape index (κ1) is 28.2. The van der Waals surface area contributed by atoms with E-state index in [-0.39, 0.29) is 53.6 Å². The molecule has 0 radical (unpaired) electrons. The third-order valence-electron chi connectivity index (χ3n) is 8.03. The number of fused-ring (bicyclic) bond motifs is 2. The number of anilines is 1. The van der Waals surface area contributed by atoms with Crippen molar-refractivity contribution in [2.24, 2.45) is 4.99 Å². The molecule has 2 aromatic carbocycles. The van der Waals surface area contributed by atoms with Crippen LogP contribution in [0.5, 0.6) is 5.75 Å². The molecule has 4 heterocycles. The van der Waals surface area contributed by atoms with E-state index < -0.39 is 11.0 Å². The second-order valence-corrected chi connectivity index (χ2v) is 11.0. The van der Waals surface area contributed by atoms with Crippen molar-refractivity contribution < 1.29 is 24.4 Å². The first-order valence-corrected chi connectivity index (χ1v) is 14.0. The Labute approximate surface area is 246 Å². The number of amides is 2. The van der Waals surface area contributed by atoms with Crippen LogP contribution in [0.1, 0.15) is 44.7 Å². The molecule has 0 spiro atoms. The smallest absolute Gasteiger partial charge is 0.273 e. The Kier molecular flexibility index (Phi) is 7.50. The maximum Gasteiger partial charge on any atom is 0.273 e. The fourth-order valence-electron chi connectivity index (χ4n) is 5.76. The Balaban J connectivity index is 1.16. The highest BCUT2D eigenvalue weighted by molar-refractivity contribution is 6.22. The molecule has 1 saturated heterocycles. The number of aromatic nitrogens is 1. The molecule has 3 aliphatic rings. The number of ether oxygens (including phenoxy) is 1. The number of aliphatic hydroxyl groups is 1. The van der Waals surface area contributed by atoms with Crippen LogP contribution in [0.25, 0.3) is 0 Å². The number of benzene rings is 2. The zero-order valence-electron chi connectivity index (χ0n) is 23.4. The van der Waals surface area contributed by atoms with Crippen molar-refractivity contribution in [2.75, 3.05) is 38.6 Å². The molecule has 1 fully saturated rings. The quantitative estimate of drug-likeness (QED) is 0.194. The third kappa shape index (κ3) is 5.51. The van der Waals surface area contributed by atoms with Crippen molar-refractivity contribution in [3.8, 4) is 5.75 Å². The molecule has 2 amide bonds. The SMILES string of the molecule is CN1CCC(N2C(=O)c3cc4c(cc3C2=O)N=C(c2c(NCC(O)COc3cccc([N+](=O)[O-])c3)cc[nH]c2=O)C4)CC1. The minimum Gasteiger partial charge on any atom is -0.491 e. The number of non-ortho nitro benzene ring substituents is 1. The fourth-order valence-corrected chi connectivity index (χ4v) is 5.76. The lowest BCUT2D eigenvalue weighted by Gasteiger charge is -2.33. The van der Waals surface area contributed by atoms with Crippen LogP contribution >= 0.6 is 0 Å². The van der Waals surface area contributed by atoms with Crippen LogP contribution in [0, 0.1) is 10.1 Å². The van der Waals surface area contributed by atoms with E-state index in [1.807, 2.05) is 7.05 Å². The van der Waals surface area contributed by atoms with Crippen LogP contribution < -0.4 is 15.6 Å². The van der Waals surface area contributed by atoms with E-state index >= 15 is 0 Å². The summed E-state index contributed by atoms with van der Waals surface area (Å²) in [6.45, 7) is 1.54. The lowest BCUT2D eigenvalue weighted by atomic mass is 10.00. The van der Waals surface area contributed by atoms with Gasteiger partial charge < -0.3 is 25.0 Å². The van der Waals surface area contributed by atoms with Crippen LogP contribution in [-0.2, 0) is 6.42 Å². The summed E-state index contributed by atoms with van der Waals surface area (Å²) in [6, 6.07) is 10.6. The summed E-state index contributed by atoms with van der Waals surface area (Å²) in [5.41, 5.74) is 2.69. The lowest BCUT2D eigenvalue weighted by molar-refractivity contribution is -0.384. The molecule has 3 N–H and O–H groups in total. The Morgan fingerprint density at radius 3 is 2.63 bits per heavy atom. The number of hydrogen-bond acceptors (Lipinski definition) is 10. The molecule has 0 bridgehead atoms. The van der Waals surface area contributed by atoms with Gasteiger partial charge in [-0.25, -0.2) is 0 Å². The van der Waals surface area contributed by atoms with Gasteiger partial charge in [-0.1, -0.05) is 6.07 Å². The number of H-pyrrole nitrogens is 1. The number of piperidine rings is 1. The van der Waals surface area contributed by atoms with Gasteiger partial charge in [-0.2, -0.15) is 0 Å². The van der Waals surface area contributed by atoms with Crippen molar-refractivity contribution in [1.29, 1.82) is 0 Å². The van der Waals surface area contributed by atoms with E-state index in [4.69, 9.17) is 4.74 Å². The number of pyridine rings is 1. The number of aromatic amines is 1. The molecule has 3 aliphatic heterocycles. The number of likely N-dealkylation sites (tertiary alicyclic amines) is 1. The molecule has 222 valence electrons. The van der Waals surface area contributed by atoms with Crippen LogP contribution in [0.3, 0.4) is 0 Å². The second kappa shape index (κ2) is 11.4. The third-order valence-corrected chi connectivity index (χ3v) is 8.03. The zero-order valence-corrected chi connectivity index (χ0v) is 23.4. The van der Waals surface area contributed by atoms with Gasteiger partial charge in [0.25, 0.3) is 23.1 Å². The number of nitro benzene ring substituents is 1. The van der Waals surface area contributed by atoms with Crippen molar-refractivity contribution in [3.05, 3.63) is 91.4 Å². The molecule has 6 rings (SSSR count). The van der Waals surface area contributed by atoms with Crippen molar-refractivity contribution in [3.63, 3.8) is 0 Å². The Morgan fingerprint density at radius 1 is 1.14 bits per heavy atom. The molecular weight excluding hydrogens is 556 g/mol. The van der Waals surface area contributed by atoms with Crippen LogP contribution in [0.2, 0.25) is 0 Å². The summed E-state index contributed by atoms with van der Waals surface area (Å²) < 4.78 is 5.50. The van der Waals surface area contributed by atoms with Crippen LogP contribution in [0.15, 0.2) is 58.4 Å². The summed E-state index contributed by atoms with van der Waals surface area (Å²) >= 11 is 0. The molecule has 1 unspecified atom stereocenters. The summed E-state index contributed by atoms with van der Waals surface area (Å²) in [5.74, 6) is -0.337. The summed E-state index contributed by atoms with van der Waals surface area (Å²) in [6.07, 6.45) is 2.25. The Morgan fingerprint density at radius 2 is 1.88 bits per heavy atom. The van der Waals surface area contributed by atoms with Crippen LogP contribution in [-0.4, -0.2) is 87.8 Å². The zero-order chi connectivity index (χ0) is 30.2. The molecule has 0 aliphatic carbocycles. The van der Waals surface area contributed by atoms with Gasteiger partial charge in [0.2, 0.25) is 0 Å². The average Bonchev–Trinajstić information content (AvgIpc) is 3.51. The molecule has 13 nitrogen and oxygen atoms in total. The van der Waals surface area contributed by atoms with Crippen molar-refractivity contribution >= 4 is 34.6 Å². The molecule has 43 heavy (non-hydrogen) atoms. The van der Waals surface area contributed by atoms with E-state index in [0.29, 0.717) is 34.6 Å². The summed E-state index contributed by atoms with van der Waals surface area (Å²) in [5, 5.41) is 24.5. The maximum absolute atomic E-state index is 13.3. The predicted molar refractivity (Wildman–Crippen MR) is 158 cm³/mol. The second-order valence-electron chi connectivity index (χ2n) is 11.0. The number of nitrogens with one attached hydrogen (secondary N) is 2. The maximum atomic E-state index is 13.3. The standard InChI is InChI=1S/C30H30N6O7/c1-34-9-6-18(7-10-34)35-29(39)22-11-17-12-26(33-25(17)14-23(22)30(35)40)27-24(5-8-31-28(27)38)32-15-20(37)16-43-21-4-2-3-19(13-21)36(41)42/h2-5,8,11,13-14,18,20,37H,6-7,9-10,12,15-16H2,1H3,(H2,31,32,38). The molecule has 0 saturated carbocycles. The normalized spacial score (nSPS) is 17.4. The minimum absolute atomic E-state index is 0.0235. The van der Waals surface area contributed by atoms with E-state index in [0.717, 1.165) is 31.5 Å². The van der Waals surface area contributed by atoms with Gasteiger partial charge in [-0.05, 0) is 62.8 Å². The first-order valence-electron chi connectivity index (χ1n) is 14.0. The van der Waals surface area contributed by atoms with E-state index in [2.05, 4.69) is 20.2 Å². The molecule has 1 atom stereocenters. The van der Waals surface area contributed by atoms with Gasteiger partial charge in [0, 0.05) is 31.3 Å². The molecule has 13 heteroatoms. The highest BCUT2D eigenvalue weighted by Gasteiger charge is 2.42. The van der Waals surface area contributed by atoms with Gasteiger partial charge >= 0.3 is 0 Å². The lowest BCUT2D eigenvalue weighted by Crippen LogP contribution is -2.46. The number of aliphatic imine (C=N–C) groups is 1. The fraction of sp³-hybridized carbons (Fsp3) is 0.333. The molecule has 3 aromatic rings. The Hall–Kier alpha value is -4.88. The number of nitro groups is 1. The summed E-state index contributed by atoms with van der Waals surface area (Å²) in [7, 11) is 2.03. The largest absolute Gasteiger partial charge is 0.491 e. The van der Waals surface area contributed by atoms with E-state index in [9.17, 15) is 29.6 Å². The first-order chi connectivity index (χ1) is 20.7. The van der Waals surface area contributed by atoms with E-state index in [1.54, 1.807) is 24.3 Å². The average molecular weight is 587 g/mol. The number of imide groups is 1. The number of aliphatic hydroxyl groups excluding tert-OH is 1. The number of nitrogens with zero attached hydrogens (tertiary/aromatic N) is 4. The minimum atomic E-state index is -0.998. The number of hydrogen-bond donors (Lipinski definition) is 3. The van der Waals surface area contributed by atoms with Crippen LogP contribution in [0.4, 0.5) is 17.1 Å². The van der Waals surface area contributed by atoms with Gasteiger partial charge in [0.15, 0.2) is 0 Å². The Bertz CT molecular complexity index is 1710. The number of rotatable bonds is 9. The van der Waals surface area contributed by atoms with Gasteiger partial charge in [-0.3, -0.25) is 34.4 Å². The number of carbonyl (C=O) groups is 2. The predicted octanol–water partition coefficient (Wildman–Crippen LogP) is 2.50. The van der Waals surface area contributed by atoms with Gasteiger partial charge in [-0.15, -0.1) is 0 Å². The highest BCUT2D eigenvalue weighted by atomic mass is 16.6. The monoisotopic (exact) mass is 586 g/mol. The van der Waals surface area contributed by atoms with E-state index in [1.165, 1.54) is 29.3 Å². The topological polar surface area (TPSA) is 170 Å². The van der Waals surface area contributed by atoms with Crippen molar-refractivity contribution in [1.82, 2.24) is 14.8 Å². The van der Waals surface area contributed by atoms with Gasteiger partial charge in [0.05, 0.1) is 44.8 Å². The number of carbonyl (C=O) groups excluding carboxylic acids is 2.